The van der Waals surface area contributed by atoms with Crippen molar-refractivity contribution in [1.82, 2.24) is 10.4 Å². The van der Waals surface area contributed by atoms with Crippen molar-refractivity contribution in [3.05, 3.63) is 0 Å². The van der Waals surface area contributed by atoms with Crippen molar-refractivity contribution in [2.45, 2.75) is 13.3 Å². The van der Waals surface area contributed by atoms with Gasteiger partial charge in [-0.1, -0.05) is 6.92 Å². The van der Waals surface area contributed by atoms with Crippen LogP contribution in [0.5, 0.6) is 0 Å². The molecule has 48 valence electrons. The van der Waals surface area contributed by atoms with Crippen molar-refractivity contribution in [3.8, 4) is 0 Å². The van der Waals surface area contributed by atoms with Crippen molar-refractivity contribution in [1.29, 1.82) is 0 Å². The Morgan fingerprint density at radius 3 is 2.50 bits per heavy atom. The SMILES string of the molecule is CCCN(C=O)NC. The molecule has 0 fully saturated rings. The largest absolute Gasteiger partial charge is 0.281 e. The topological polar surface area (TPSA) is 32.3 Å². The van der Waals surface area contributed by atoms with Crippen LogP contribution >= 0.6 is 0 Å². The molecule has 0 heterocycles. The van der Waals surface area contributed by atoms with Crippen molar-refractivity contribution < 1.29 is 4.79 Å². The van der Waals surface area contributed by atoms with Gasteiger partial charge in [-0.05, 0) is 6.42 Å². The highest BCUT2D eigenvalue weighted by Gasteiger charge is 1.90. The zero-order valence-electron chi connectivity index (χ0n) is 5.35. The summed E-state index contributed by atoms with van der Waals surface area (Å²) in [5.74, 6) is 0. The van der Waals surface area contributed by atoms with Gasteiger partial charge in [-0.15, -0.1) is 0 Å². The van der Waals surface area contributed by atoms with Crippen LogP contribution in [0.3, 0.4) is 0 Å². The highest BCUT2D eigenvalue weighted by atomic mass is 16.1. The van der Waals surface area contributed by atoms with Crippen LogP contribution < -0.4 is 5.43 Å². The molecule has 0 bridgehead atoms. The van der Waals surface area contributed by atoms with Crippen molar-refractivity contribution in [3.63, 3.8) is 0 Å². The van der Waals surface area contributed by atoms with Crippen LogP contribution in [0.2, 0.25) is 0 Å². The number of hydrogen-bond acceptors (Lipinski definition) is 2. The van der Waals surface area contributed by atoms with Gasteiger partial charge in [-0.25, -0.2) is 5.43 Å². The average molecular weight is 116 g/mol. The summed E-state index contributed by atoms with van der Waals surface area (Å²) in [5.41, 5.74) is 2.72. The van der Waals surface area contributed by atoms with E-state index in [2.05, 4.69) is 5.43 Å². The Morgan fingerprint density at radius 1 is 1.75 bits per heavy atom. The van der Waals surface area contributed by atoms with E-state index in [9.17, 15) is 4.79 Å². The van der Waals surface area contributed by atoms with Crippen LogP contribution in [0.1, 0.15) is 13.3 Å². The maximum Gasteiger partial charge on any atom is 0.223 e. The number of nitrogens with one attached hydrogen (secondary N) is 1. The third-order valence-corrected chi connectivity index (χ3v) is 0.879. The lowest BCUT2D eigenvalue weighted by atomic mass is 10.5. The van der Waals surface area contributed by atoms with Gasteiger partial charge >= 0.3 is 0 Å². The smallest absolute Gasteiger partial charge is 0.223 e. The molecule has 0 aliphatic heterocycles. The Balaban J connectivity index is 3.21. The second-order valence-corrected chi connectivity index (χ2v) is 1.52. The van der Waals surface area contributed by atoms with Gasteiger partial charge in [0, 0.05) is 13.6 Å². The van der Waals surface area contributed by atoms with Gasteiger partial charge in [0.25, 0.3) is 0 Å². The molecule has 8 heavy (non-hydrogen) atoms. The second-order valence-electron chi connectivity index (χ2n) is 1.52. The third kappa shape index (κ3) is 2.58. The Bertz CT molecular complexity index is 65.4. The predicted octanol–water partition coefficient (Wildman–Crippen LogP) is -0.0108. The molecule has 3 nitrogen and oxygen atoms in total. The fraction of sp³-hybridized carbons (Fsp3) is 0.800. The molecule has 0 saturated carbocycles. The summed E-state index contributed by atoms with van der Waals surface area (Å²) < 4.78 is 0. The van der Waals surface area contributed by atoms with Gasteiger partial charge in [0.2, 0.25) is 6.41 Å². The molecule has 0 aliphatic rings. The fourth-order valence-corrected chi connectivity index (χ4v) is 0.458. The zero-order chi connectivity index (χ0) is 6.41. The maximum absolute atomic E-state index is 9.99. The first-order valence-corrected chi connectivity index (χ1v) is 2.74. The zero-order valence-corrected chi connectivity index (χ0v) is 5.35. The fourth-order valence-electron chi connectivity index (χ4n) is 0.458. The van der Waals surface area contributed by atoms with E-state index in [4.69, 9.17) is 0 Å². The van der Waals surface area contributed by atoms with Crippen molar-refractivity contribution in [2.75, 3.05) is 13.6 Å². The first-order valence-electron chi connectivity index (χ1n) is 2.74. The number of nitrogens with zero attached hydrogens (tertiary/aromatic N) is 1. The summed E-state index contributed by atoms with van der Waals surface area (Å²) in [6, 6.07) is 0. The normalized spacial score (nSPS) is 8.75. The molecule has 0 aliphatic carbocycles. The lowest BCUT2D eigenvalue weighted by Gasteiger charge is -2.12. The molecule has 0 radical (unpaired) electrons. The lowest BCUT2D eigenvalue weighted by molar-refractivity contribution is -0.120. The minimum Gasteiger partial charge on any atom is -0.281 e. The number of hydrazine groups is 1. The second kappa shape index (κ2) is 4.59. The van der Waals surface area contributed by atoms with Crippen LogP contribution in [-0.4, -0.2) is 25.0 Å². The van der Waals surface area contributed by atoms with Gasteiger partial charge in [0.05, 0.1) is 0 Å². The minimum atomic E-state index is 0.778. The summed E-state index contributed by atoms with van der Waals surface area (Å²) in [6.07, 6.45) is 1.77. The summed E-state index contributed by atoms with van der Waals surface area (Å²) in [4.78, 5) is 9.99. The molecule has 0 atom stereocenters. The molecule has 1 amide bonds. The average Bonchev–Trinajstić information content (AvgIpc) is 1.83. The van der Waals surface area contributed by atoms with Crippen LogP contribution in [0.4, 0.5) is 0 Å². The third-order valence-electron chi connectivity index (χ3n) is 0.879. The van der Waals surface area contributed by atoms with E-state index in [1.807, 2.05) is 6.92 Å². The Morgan fingerprint density at radius 2 is 2.38 bits per heavy atom. The summed E-state index contributed by atoms with van der Waals surface area (Å²) in [6.45, 7) is 2.80. The number of amides is 1. The monoisotopic (exact) mass is 116 g/mol. The van der Waals surface area contributed by atoms with Gasteiger partial charge in [0.1, 0.15) is 0 Å². The summed E-state index contributed by atoms with van der Waals surface area (Å²) in [7, 11) is 1.73. The van der Waals surface area contributed by atoms with Crippen molar-refractivity contribution in [2.24, 2.45) is 0 Å². The Hall–Kier alpha value is -0.570. The quantitative estimate of drug-likeness (QED) is 0.414. The number of rotatable bonds is 4. The maximum atomic E-state index is 9.99. The van der Waals surface area contributed by atoms with Crippen molar-refractivity contribution >= 4 is 6.41 Å². The van der Waals surface area contributed by atoms with Gasteiger partial charge < -0.3 is 0 Å². The summed E-state index contributed by atoms with van der Waals surface area (Å²) >= 11 is 0. The van der Waals surface area contributed by atoms with E-state index in [0.29, 0.717) is 0 Å². The molecule has 3 heteroatoms. The first-order chi connectivity index (χ1) is 3.85. The van der Waals surface area contributed by atoms with E-state index in [1.54, 1.807) is 7.05 Å². The van der Waals surface area contributed by atoms with Crippen LogP contribution in [-0.2, 0) is 4.79 Å². The van der Waals surface area contributed by atoms with E-state index < -0.39 is 0 Å². The van der Waals surface area contributed by atoms with Gasteiger partial charge in [0.15, 0.2) is 0 Å². The molecule has 0 spiro atoms. The summed E-state index contributed by atoms with van der Waals surface area (Å²) in [5, 5.41) is 1.50. The van der Waals surface area contributed by atoms with Gasteiger partial charge in [-0.3, -0.25) is 9.80 Å². The Labute approximate surface area is 49.6 Å². The van der Waals surface area contributed by atoms with Crippen LogP contribution in [0.25, 0.3) is 0 Å². The molecule has 1 N–H and O–H groups in total. The van der Waals surface area contributed by atoms with E-state index in [1.165, 1.54) is 5.01 Å². The standard InChI is InChI=1S/C5H12N2O/c1-3-4-7(5-8)6-2/h5-6H,3-4H2,1-2H3. The number of hydrogen-bond donors (Lipinski definition) is 1. The van der Waals surface area contributed by atoms with Crippen LogP contribution in [0.15, 0.2) is 0 Å². The highest BCUT2D eigenvalue weighted by Crippen LogP contribution is 1.77. The van der Waals surface area contributed by atoms with Crippen LogP contribution in [0, 0.1) is 0 Å². The van der Waals surface area contributed by atoms with E-state index >= 15 is 0 Å². The van der Waals surface area contributed by atoms with E-state index in [0.717, 1.165) is 19.4 Å². The minimum absolute atomic E-state index is 0.778. The highest BCUT2D eigenvalue weighted by molar-refractivity contribution is 5.45. The molecular weight excluding hydrogens is 104 g/mol. The molecule has 0 unspecified atom stereocenters. The predicted molar refractivity (Wildman–Crippen MR) is 32.1 cm³/mol. The Kier molecular flexibility index (Phi) is 4.26. The number of carbonyl (C=O) groups is 1. The molecule has 0 rings (SSSR count). The molecular formula is C5H12N2O. The molecule has 0 aromatic rings. The first kappa shape index (κ1) is 7.43. The lowest BCUT2D eigenvalue weighted by Crippen LogP contribution is -2.33. The van der Waals surface area contributed by atoms with E-state index in [-0.39, 0.29) is 0 Å². The molecule has 0 saturated heterocycles. The molecule has 0 aromatic heterocycles. The molecule has 0 aromatic carbocycles. The number of carbonyl (C=O) groups excluding carboxylic acids is 1. The van der Waals surface area contributed by atoms with Gasteiger partial charge in [-0.2, -0.15) is 0 Å².